The Morgan fingerprint density at radius 3 is 2.43 bits per heavy atom. The number of ether oxygens (including phenoxy) is 3. The van der Waals surface area contributed by atoms with Gasteiger partial charge in [-0.15, -0.1) is 0 Å². The first-order valence-corrected chi connectivity index (χ1v) is 7.13. The third-order valence-corrected chi connectivity index (χ3v) is 3.13. The summed E-state index contributed by atoms with van der Waals surface area (Å²) in [6.07, 6.45) is 0.402. The van der Waals surface area contributed by atoms with Gasteiger partial charge in [0.2, 0.25) is 0 Å². The second-order valence-corrected chi connectivity index (χ2v) is 4.47. The van der Waals surface area contributed by atoms with E-state index in [9.17, 15) is 4.79 Å². The molecule has 2 aromatic rings. The molecule has 2 aromatic carbocycles. The average Bonchev–Trinajstić information content (AvgIpc) is 2.52. The van der Waals surface area contributed by atoms with Crippen molar-refractivity contribution in [2.75, 3.05) is 19.8 Å². The van der Waals surface area contributed by atoms with Crippen molar-refractivity contribution >= 4 is 17.1 Å². The largest absolute Gasteiger partial charge is 0.488 e. The van der Waals surface area contributed by atoms with E-state index >= 15 is 0 Å². The Morgan fingerprint density at radius 2 is 1.76 bits per heavy atom. The van der Waals surface area contributed by atoms with Crippen LogP contribution in [0, 0.1) is 0 Å². The molecule has 0 spiro atoms. The van der Waals surface area contributed by atoms with Crippen LogP contribution in [0.25, 0.3) is 10.8 Å². The first kappa shape index (κ1) is 15.5. The molecule has 4 heteroatoms. The van der Waals surface area contributed by atoms with E-state index in [1.807, 2.05) is 44.2 Å². The minimum atomic E-state index is -0.425. The first-order chi connectivity index (χ1) is 10.3. The van der Waals surface area contributed by atoms with Gasteiger partial charge in [0.05, 0.1) is 5.56 Å². The number of hydrogen-bond donors (Lipinski definition) is 0. The van der Waals surface area contributed by atoms with Gasteiger partial charge in [-0.1, -0.05) is 30.3 Å². The first-order valence-electron chi connectivity index (χ1n) is 7.13. The van der Waals surface area contributed by atoms with Crippen molar-refractivity contribution in [3.63, 3.8) is 0 Å². The Hall–Kier alpha value is -1.91. The van der Waals surface area contributed by atoms with Crippen LogP contribution in [0.1, 0.15) is 24.2 Å². The summed E-state index contributed by atoms with van der Waals surface area (Å²) in [4.78, 5) is 11.4. The standard InChI is InChI=1S/C17H20O4/c1-3-19-17(20-4-2)12-21-16-10-9-13-7-5-6-8-14(13)15(16)11-18/h5-11,17H,3-4,12H2,1-2H3. The molecule has 0 heterocycles. The van der Waals surface area contributed by atoms with Crippen molar-refractivity contribution < 1.29 is 19.0 Å². The Bertz CT molecular complexity index is 588. The summed E-state index contributed by atoms with van der Waals surface area (Å²) in [5.74, 6) is 0.549. The number of benzene rings is 2. The highest BCUT2D eigenvalue weighted by Crippen LogP contribution is 2.26. The highest BCUT2D eigenvalue weighted by atomic mass is 16.7. The molecule has 0 bridgehead atoms. The average molecular weight is 288 g/mol. The highest BCUT2D eigenvalue weighted by molar-refractivity contribution is 6.00. The predicted molar refractivity (Wildman–Crippen MR) is 81.9 cm³/mol. The summed E-state index contributed by atoms with van der Waals surface area (Å²) < 4.78 is 16.6. The summed E-state index contributed by atoms with van der Waals surface area (Å²) in [5.41, 5.74) is 0.555. The maximum atomic E-state index is 11.4. The van der Waals surface area contributed by atoms with E-state index in [2.05, 4.69) is 0 Å². The molecule has 0 saturated heterocycles. The Morgan fingerprint density at radius 1 is 1.05 bits per heavy atom. The molecule has 0 aromatic heterocycles. The van der Waals surface area contributed by atoms with Crippen LogP contribution in [-0.2, 0) is 9.47 Å². The summed E-state index contributed by atoms with van der Waals surface area (Å²) in [6, 6.07) is 11.5. The van der Waals surface area contributed by atoms with Crippen molar-refractivity contribution in [3.05, 3.63) is 42.0 Å². The van der Waals surface area contributed by atoms with Gasteiger partial charge in [-0.25, -0.2) is 0 Å². The van der Waals surface area contributed by atoms with Crippen LogP contribution in [0.3, 0.4) is 0 Å². The number of hydrogen-bond acceptors (Lipinski definition) is 4. The lowest BCUT2D eigenvalue weighted by Crippen LogP contribution is -2.25. The van der Waals surface area contributed by atoms with Gasteiger partial charge in [-0.05, 0) is 30.7 Å². The van der Waals surface area contributed by atoms with Crippen LogP contribution in [-0.4, -0.2) is 32.4 Å². The third kappa shape index (κ3) is 3.80. The van der Waals surface area contributed by atoms with Gasteiger partial charge in [0.15, 0.2) is 12.6 Å². The van der Waals surface area contributed by atoms with Gasteiger partial charge < -0.3 is 14.2 Å². The second kappa shape index (κ2) is 7.76. The van der Waals surface area contributed by atoms with Crippen LogP contribution in [0.2, 0.25) is 0 Å². The zero-order valence-corrected chi connectivity index (χ0v) is 12.4. The summed E-state index contributed by atoms with van der Waals surface area (Å²) in [5, 5.41) is 1.90. The number of rotatable bonds is 8. The maximum Gasteiger partial charge on any atom is 0.191 e. The van der Waals surface area contributed by atoms with E-state index in [1.54, 1.807) is 6.07 Å². The fraction of sp³-hybridized carbons (Fsp3) is 0.353. The van der Waals surface area contributed by atoms with Crippen molar-refractivity contribution in [3.8, 4) is 5.75 Å². The number of carbonyl (C=O) groups excluding carboxylic acids is 1. The normalized spacial score (nSPS) is 11.0. The van der Waals surface area contributed by atoms with Crippen LogP contribution < -0.4 is 4.74 Å². The Kier molecular flexibility index (Phi) is 5.72. The molecule has 112 valence electrons. The lowest BCUT2D eigenvalue weighted by atomic mass is 10.0. The minimum Gasteiger partial charge on any atom is -0.488 e. The summed E-state index contributed by atoms with van der Waals surface area (Å²) >= 11 is 0. The Labute approximate surface area is 124 Å². The summed E-state index contributed by atoms with van der Waals surface area (Å²) in [7, 11) is 0. The van der Waals surface area contributed by atoms with Crippen molar-refractivity contribution in [2.45, 2.75) is 20.1 Å². The molecule has 0 radical (unpaired) electrons. The van der Waals surface area contributed by atoms with E-state index in [0.717, 1.165) is 17.1 Å². The lowest BCUT2D eigenvalue weighted by Gasteiger charge is -2.18. The molecule has 0 saturated carbocycles. The topological polar surface area (TPSA) is 44.8 Å². The van der Waals surface area contributed by atoms with E-state index in [-0.39, 0.29) is 6.61 Å². The predicted octanol–water partition coefficient (Wildman–Crippen LogP) is 3.43. The molecule has 4 nitrogen and oxygen atoms in total. The number of fused-ring (bicyclic) bond motifs is 1. The van der Waals surface area contributed by atoms with E-state index in [1.165, 1.54) is 0 Å². The molecular formula is C17H20O4. The van der Waals surface area contributed by atoms with E-state index < -0.39 is 6.29 Å². The quantitative estimate of drug-likeness (QED) is 0.551. The van der Waals surface area contributed by atoms with Crippen molar-refractivity contribution in [1.29, 1.82) is 0 Å². The zero-order valence-electron chi connectivity index (χ0n) is 12.4. The monoisotopic (exact) mass is 288 g/mol. The molecule has 0 N–H and O–H groups in total. The lowest BCUT2D eigenvalue weighted by molar-refractivity contribution is -0.152. The zero-order chi connectivity index (χ0) is 15.1. The minimum absolute atomic E-state index is 0.251. The smallest absolute Gasteiger partial charge is 0.191 e. The van der Waals surface area contributed by atoms with Crippen molar-refractivity contribution in [1.82, 2.24) is 0 Å². The fourth-order valence-corrected chi connectivity index (χ4v) is 2.20. The summed E-state index contributed by atoms with van der Waals surface area (Å²) in [6.45, 7) is 5.15. The van der Waals surface area contributed by atoms with Crippen LogP contribution in [0.15, 0.2) is 36.4 Å². The molecule has 0 fully saturated rings. The molecule has 0 aliphatic rings. The van der Waals surface area contributed by atoms with Gasteiger partial charge in [0, 0.05) is 13.2 Å². The molecule has 0 atom stereocenters. The molecule has 0 aliphatic heterocycles. The molecule has 0 amide bonds. The van der Waals surface area contributed by atoms with Crippen LogP contribution in [0.5, 0.6) is 5.75 Å². The molecule has 0 unspecified atom stereocenters. The van der Waals surface area contributed by atoms with Gasteiger partial charge in [-0.3, -0.25) is 4.79 Å². The Balaban J connectivity index is 2.19. The van der Waals surface area contributed by atoms with E-state index in [0.29, 0.717) is 24.5 Å². The number of aldehydes is 1. The van der Waals surface area contributed by atoms with Gasteiger partial charge in [-0.2, -0.15) is 0 Å². The fourth-order valence-electron chi connectivity index (χ4n) is 2.20. The highest BCUT2D eigenvalue weighted by Gasteiger charge is 2.12. The number of carbonyl (C=O) groups is 1. The molecule has 2 rings (SSSR count). The van der Waals surface area contributed by atoms with Gasteiger partial charge in [0.1, 0.15) is 12.4 Å². The molecule has 0 aliphatic carbocycles. The molecule has 21 heavy (non-hydrogen) atoms. The van der Waals surface area contributed by atoms with Gasteiger partial charge in [0.25, 0.3) is 0 Å². The molecular weight excluding hydrogens is 268 g/mol. The van der Waals surface area contributed by atoms with Crippen molar-refractivity contribution in [2.24, 2.45) is 0 Å². The van der Waals surface area contributed by atoms with Crippen LogP contribution in [0.4, 0.5) is 0 Å². The van der Waals surface area contributed by atoms with Crippen LogP contribution >= 0.6 is 0 Å². The SMILES string of the molecule is CCOC(COc1ccc2ccccc2c1C=O)OCC. The maximum absolute atomic E-state index is 11.4. The van der Waals surface area contributed by atoms with E-state index in [4.69, 9.17) is 14.2 Å². The second-order valence-electron chi connectivity index (χ2n) is 4.47. The third-order valence-electron chi connectivity index (χ3n) is 3.13. The van der Waals surface area contributed by atoms with Gasteiger partial charge >= 0.3 is 0 Å².